The summed E-state index contributed by atoms with van der Waals surface area (Å²) in [7, 11) is 4.89. The van der Waals surface area contributed by atoms with E-state index in [-0.39, 0.29) is 5.75 Å². The molecule has 1 N–H and O–H groups in total. The smallest absolute Gasteiger partial charge is 0.149 e. The van der Waals surface area contributed by atoms with Crippen molar-refractivity contribution in [2.24, 2.45) is 0 Å². The van der Waals surface area contributed by atoms with Crippen LogP contribution in [0.5, 0.6) is 17.2 Å². The lowest BCUT2D eigenvalue weighted by Gasteiger charge is -2.08. The van der Waals surface area contributed by atoms with Gasteiger partial charge in [-0.25, -0.2) is 0 Å². The monoisotopic (exact) mass is 166 g/mol. The highest BCUT2D eigenvalue weighted by atomic mass is 16.5. The number of hydrogen-bond donors (Lipinski definition) is 1. The molecule has 12 heavy (non-hydrogen) atoms. The lowest BCUT2D eigenvalue weighted by Crippen LogP contribution is -2.07. The lowest BCUT2D eigenvalue weighted by atomic mass is 9.93. The molecule has 1 aromatic rings. The molecule has 1 aromatic carbocycles. The second-order valence-corrected chi connectivity index (χ2v) is 2.47. The van der Waals surface area contributed by atoms with Gasteiger partial charge in [-0.05, 0) is 5.46 Å². The second kappa shape index (κ2) is 3.39. The summed E-state index contributed by atoms with van der Waals surface area (Å²) in [6.07, 6.45) is 0. The molecule has 4 heteroatoms. The van der Waals surface area contributed by atoms with Crippen molar-refractivity contribution >= 4 is 13.3 Å². The molecule has 0 unspecified atom stereocenters. The van der Waals surface area contributed by atoms with Crippen molar-refractivity contribution < 1.29 is 14.6 Å². The fourth-order valence-electron chi connectivity index (χ4n) is 0.978. The van der Waals surface area contributed by atoms with E-state index in [0.717, 1.165) is 5.46 Å². The Morgan fingerprint density at radius 1 is 1.25 bits per heavy atom. The quantitative estimate of drug-likeness (QED) is 0.611. The van der Waals surface area contributed by atoms with Gasteiger partial charge in [0.15, 0.2) is 0 Å². The number of phenols is 1. The zero-order valence-corrected chi connectivity index (χ0v) is 7.42. The predicted molar refractivity (Wildman–Crippen MR) is 49.4 cm³/mol. The third-order valence-corrected chi connectivity index (χ3v) is 1.76. The molecule has 1 rings (SSSR count). The minimum atomic E-state index is 0.186. The van der Waals surface area contributed by atoms with E-state index in [1.807, 2.05) is 0 Å². The van der Waals surface area contributed by atoms with Crippen molar-refractivity contribution in [3.8, 4) is 17.2 Å². The first-order chi connectivity index (χ1) is 5.69. The highest BCUT2D eigenvalue weighted by Gasteiger charge is 2.05. The number of benzene rings is 1. The largest absolute Gasteiger partial charge is 0.508 e. The van der Waals surface area contributed by atoms with Crippen LogP contribution in [0.2, 0.25) is 0 Å². The molecular formula is C8H11BO3. The van der Waals surface area contributed by atoms with Crippen LogP contribution >= 0.6 is 0 Å². The summed E-state index contributed by atoms with van der Waals surface area (Å²) in [6, 6.07) is 3.28. The first kappa shape index (κ1) is 8.78. The van der Waals surface area contributed by atoms with Crippen molar-refractivity contribution in [2.75, 3.05) is 14.2 Å². The van der Waals surface area contributed by atoms with E-state index in [1.54, 1.807) is 34.2 Å². The van der Waals surface area contributed by atoms with Gasteiger partial charge in [0.2, 0.25) is 0 Å². The fraction of sp³-hybridized carbons (Fsp3) is 0.250. The van der Waals surface area contributed by atoms with E-state index >= 15 is 0 Å². The summed E-state index contributed by atoms with van der Waals surface area (Å²) in [6.45, 7) is 0. The van der Waals surface area contributed by atoms with Gasteiger partial charge in [0.1, 0.15) is 25.1 Å². The first-order valence-electron chi connectivity index (χ1n) is 3.60. The van der Waals surface area contributed by atoms with Gasteiger partial charge in [0.05, 0.1) is 14.2 Å². The van der Waals surface area contributed by atoms with Crippen LogP contribution in [0.3, 0.4) is 0 Å². The summed E-state index contributed by atoms with van der Waals surface area (Å²) in [5.74, 6) is 1.41. The van der Waals surface area contributed by atoms with Crippen molar-refractivity contribution in [3.05, 3.63) is 12.1 Å². The molecule has 0 aliphatic carbocycles. The molecule has 0 aliphatic rings. The van der Waals surface area contributed by atoms with Crippen molar-refractivity contribution in [3.63, 3.8) is 0 Å². The van der Waals surface area contributed by atoms with Crippen LogP contribution in [-0.4, -0.2) is 27.2 Å². The Balaban J connectivity index is 3.19. The second-order valence-electron chi connectivity index (χ2n) is 2.47. The summed E-state index contributed by atoms with van der Waals surface area (Å²) >= 11 is 0. The Morgan fingerprint density at radius 3 is 2.42 bits per heavy atom. The van der Waals surface area contributed by atoms with Crippen LogP contribution in [0.1, 0.15) is 0 Å². The van der Waals surface area contributed by atoms with Crippen LogP contribution in [0, 0.1) is 0 Å². The molecule has 0 heterocycles. The van der Waals surface area contributed by atoms with E-state index < -0.39 is 0 Å². The van der Waals surface area contributed by atoms with Gasteiger partial charge in [-0.3, -0.25) is 0 Å². The Bertz CT molecular complexity index is 286. The van der Waals surface area contributed by atoms with E-state index in [4.69, 9.17) is 9.47 Å². The third-order valence-electron chi connectivity index (χ3n) is 1.76. The van der Waals surface area contributed by atoms with Gasteiger partial charge < -0.3 is 14.6 Å². The number of phenolic OH excluding ortho intramolecular Hbond substituents is 1. The molecule has 3 nitrogen and oxygen atoms in total. The molecular weight excluding hydrogens is 155 g/mol. The predicted octanol–water partition coefficient (Wildman–Crippen LogP) is -0.332. The maximum Gasteiger partial charge on any atom is 0.149 e. The Hall–Kier alpha value is -1.32. The van der Waals surface area contributed by atoms with E-state index in [2.05, 4.69) is 0 Å². The number of aromatic hydroxyl groups is 1. The summed E-state index contributed by atoms with van der Waals surface area (Å²) < 4.78 is 9.98. The topological polar surface area (TPSA) is 38.7 Å². The van der Waals surface area contributed by atoms with Gasteiger partial charge in [-0.2, -0.15) is 0 Å². The molecule has 0 aliphatic heterocycles. The van der Waals surface area contributed by atoms with Crippen LogP contribution in [0.4, 0.5) is 0 Å². The SMILES string of the molecule is Bc1c(O)cc(OC)cc1OC. The average Bonchev–Trinajstić information content (AvgIpc) is 2.09. The summed E-state index contributed by atoms with van der Waals surface area (Å²) in [4.78, 5) is 0. The zero-order chi connectivity index (χ0) is 9.14. The minimum Gasteiger partial charge on any atom is -0.508 e. The van der Waals surface area contributed by atoms with Crippen molar-refractivity contribution in [1.82, 2.24) is 0 Å². The van der Waals surface area contributed by atoms with Crippen LogP contribution in [-0.2, 0) is 0 Å². The molecule has 0 aromatic heterocycles. The van der Waals surface area contributed by atoms with E-state index in [0.29, 0.717) is 11.5 Å². The first-order valence-corrected chi connectivity index (χ1v) is 3.60. The van der Waals surface area contributed by atoms with Crippen LogP contribution in [0.15, 0.2) is 12.1 Å². The number of ether oxygens (including phenoxy) is 2. The molecule has 0 fully saturated rings. The Kier molecular flexibility index (Phi) is 2.48. The minimum absolute atomic E-state index is 0.186. The van der Waals surface area contributed by atoms with Crippen molar-refractivity contribution in [2.45, 2.75) is 0 Å². The molecule has 0 amide bonds. The molecule has 0 saturated carbocycles. The molecule has 0 radical (unpaired) electrons. The summed E-state index contributed by atoms with van der Waals surface area (Å²) in [5.41, 5.74) is 0.721. The van der Waals surface area contributed by atoms with Gasteiger partial charge >= 0.3 is 0 Å². The lowest BCUT2D eigenvalue weighted by molar-refractivity contribution is 0.388. The number of methoxy groups -OCH3 is 2. The third kappa shape index (κ3) is 1.47. The normalized spacial score (nSPS) is 9.50. The Labute approximate surface area is 72.3 Å². The molecule has 0 atom stereocenters. The van der Waals surface area contributed by atoms with Crippen LogP contribution in [0.25, 0.3) is 0 Å². The maximum atomic E-state index is 9.38. The summed E-state index contributed by atoms with van der Waals surface area (Å²) in [5, 5.41) is 9.38. The van der Waals surface area contributed by atoms with Crippen LogP contribution < -0.4 is 14.9 Å². The molecule has 0 bridgehead atoms. The zero-order valence-electron chi connectivity index (χ0n) is 7.42. The van der Waals surface area contributed by atoms with Gasteiger partial charge in [-0.15, -0.1) is 0 Å². The van der Waals surface area contributed by atoms with Crippen molar-refractivity contribution in [1.29, 1.82) is 0 Å². The fourth-order valence-corrected chi connectivity index (χ4v) is 0.978. The Morgan fingerprint density at radius 2 is 1.92 bits per heavy atom. The standard InChI is InChI=1S/C8H11BO3/c1-11-5-3-6(10)8(9)7(4-5)12-2/h3-4,10H,9H2,1-2H3. The molecule has 0 spiro atoms. The molecule has 0 saturated heterocycles. The maximum absolute atomic E-state index is 9.38. The average molecular weight is 166 g/mol. The van der Waals surface area contributed by atoms with Gasteiger partial charge in [-0.1, -0.05) is 0 Å². The van der Waals surface area contributed by atoms with E-state index in [9.17, 15) is 5.11 Å². The van der Waals surface area contributed by atoms with E-state index in [1.165, 1.54) is 0 Å². The number of rotatable bonds is 2. The highest BCUT2D eigenvalue weighted by Crippen LogP contribution is 2.22. The highest BCUT2D eigenvalue weighted by molar-refractivity contribution is 6.36. The number of hydrogen-bond acceptors (Lipinski definition) is 3. The van der Waals surface area contributed by atoms with Gasteiger partial charge in [0, 0.05) is 12.1 Å². The molecule has 64 valence electrons. The van der Waals surface area contributed by atoms with Gasteiger partial charge in [0.25, 0.3) is 0 Å².